The molecule has 1 N–H and O–H groups in total. The Morgan fingerprint density at radius 3 is 2.59 bits per heavy atom. The zero-order valence-corrected chi connectivity index (χ0v) is 9.86. The number of rotatable bonds is 3. The van der Waals surface area contributed by atoms with Crippen molar-refractivity contribution >= 4 is 17.5 Å². The van der Waals surface area contributed by atoms with E-state index in [1.54, 1.807) is 24.3 Å². The van der Waals surface area contributed by atoms with Gasteiger partial charge >= 0.3 is 0 Å². The van der Waals surface area contributed by atoms with Crippen molar-refractivity contribution in [2.75, 3.05) is 12.4 Å². The standard InChI is InChI=1S/C13H14N2O2/c1-4-8(2)14-9-5-6-10-11(7-9)13(17)15(3)12(10)16/h4-8,14H,1H2,2-3H3. The number of fused-ring (bicyclic) bond motifs is 1. The number of amides is 2. The Bertz CT molecular complexity index is 508. The molecule has 1 aromatic rings. The van der Waals surface area contributed by atoms with Gasteiger partial charge in [0, 0.05) is 18.8 Å². The molecule has 0 bridgehead atoms. The normalized spacial score (nSPS) is 15.8. The first kappa shape index (κ1) is 11.4. The van der Waals surface area contributed by atoms with Crippen LogP contribution in [0.3, 0.4) is 0 Å². The Morgan fingerprint density at radius 2 is 1.94 bits per heavy atom. The summed E-state index contributed by atoms with van der Waals surface area (Å²) in [5.74, 6) is -0.492. The Morgan fingerprint density at radius 1 is 1.29 bits per heavy atom. The Kier molecular flexibility index (Phi) is 2.71. The van der Waals surface area contributed by atoms with Gasteiger partial charge < -0.3 is 5.32 Å². The van der Waals surface area contributed by atoms with Gasteiger partial charge in [-0.1, -0.05) is 6.08 Å². The van der Waals surface area contributed by atoms with Crippen LogP contribution >= 0.6 is 0 Å². The van der Waals surface area contributed by atoms with Crippen LogP contribution < -0.4 is 5.32 Å². The summed E-state index contributed by atoms with van der Waals surface area (Å²) in [6.45, 7) is 5.63. The summed E-state index contributed by atoms with van der Waals surface area (Å²) in [6, 6.07) is 5.29. The summed E-state index contributed by atoms with van der Waals surface area (Å²) in [5, 5.41) is 3.17. The molecule has 4 heteroatoms. The number of hydrogen-bond donors (Lipinski definition) is 1. The summed E-state index contributed by atoms with van der Waals surface area (Å²) < 4.78 is 0. The molecule has 0 spiro atoms. The number of nitrogens with zero attached hydrogens (tertiary/aromatic N) is 1. The minimum absolute atomic E-state index is 0.109. The quantitative estimate of drug-likeness (QED) is 0.637. The van der Waals surface area contributed by atoms with Crippen molar-refractivity contribution in [3.8, 4) is 0 Å². The fraction of sp³-hybridized carbons (Fsp3) is 0.231. The fourth-order valence-corrected chi connectivity index (χ4v) is 1.77. The van der Waals surface area contributed by atoms with Gasteiger partial charge in [-0.05, 0) is 25.1 Å². The van der Waals surface area contributed by atoms with E-state index in [0.717, 1.165) is 10.6 Å². The lowest BCUT2D eigenvalue weighted by Gasteiger charge is -2.11. The van der Waals surface area contributed by atoms with Crippen molar-refractivity contribution in [1.29, 1.82) is 0 Å². The van der Waals surface area contributed by atoms with Crippen LogP contribution in [0, 0.1) is 0 Å². The number of carbonyl (C=O) groups excluding carboxylic acids is 2. The van der Waals surface area contributed by atoms with Gasteiger partial charge in [-0.25, -0.2) is 0 Å². The molecule has 0 radical (unpaired) electrons. The molecule has 2 rings (SSSR count). The lowest BCUT2D eigenvalue weighted by atomic mass is 10.1. The third-order valence-electron chi connectivity index (χ3n) is 2.84. The van der Waals surface area contributed by atoms with Crippen LogP contribution in [0.5, 0.6) is 0 Å². The molecule has 1 heterocycles. The first-order valence-electron chi connectivity index (χ1n) is 5.40. The van der Waals surface area contributed by atoms with E-state index >= 15 is 0 Å². The van der Waals surface area contributed by atoms with Gasteiger partial charge in [-0.3, -0.25) is 14.5 Å². The Balaban J connectivity index is 2.36. The third kappa shape index (κ3) is 1.82. The van der Waals surface area contributed by atoms with Gasteiger partial charge in [0.15, 0.2) is 0 Å². The fourth-order valence-electron chi connectivity index (χ4n) is 1.77. The molecule has 1 aliphatic heterocycles. The first-order valence-corrected chi connectivity index (χ1v) is 5.40. The predicted molar refractivity (Wildman–Crippen MR) is 66.1 cm³/mol. The molecule has 2 amide bonds. The van der Waals surface area contributed by atoms with Crippen molar-refractivity contribution in [1.82, 2.24) is 4.90 Å². The van der Waals surface area contributed by atoms with Gasteiger partial charge in [0.25, 0.3) is 11.8 Å². The van der Waals surface area contributed by atoms with Crippen LogP contribution in [-0.4, -0.2) is 29.8 Å². The van der Waals surface area contributed by atoms with Gasteiger partial charge in [0.1, 0.15) is 0 Å². The van der Waals surface area contributed by atoms with Crippen molar-refractivity contribution in [2.45, 2.75) is 13.0 Å². The van der Waals surface area contributed by atoms with E-state index in [9.17, 15) is 9.59 Å². The summed E-state index contributed by atoms with van der Waals surface area (Å²) in [6.07, 6.45) is 1.77. The molecule has 0 saturated heterocycles. The zero-order chi connectivity index (χ0) is 12.6. The minimum atomic E-state index is -0.250. The van der Waals surface area contributed by atoms with E-state index in [1.165, 1.54) is 7.05 Å². The number of hydrogen-bond acceptors (Lipinski definition) is 3. The molecular formula is C13H14N2O2. The van der Waals surface area contributed by atoms with Gasteiger partial charge in [-0.15, -0.1) is 6.58 Å². The van der Waals surface area contributed by atoms with E-state index in [4.69, 9.17) is 0 Å². The maximum atomic E-state index is 11.8. The van der Waals surface area contributed by atoms with Crippen molar-refractivity contribution in [2.24, 2.45) is 0 Å². The topological polar surface area (TPSA) is 49.4 Å². The second-order valence-electron chi connectivity index (χ2n) is 4.10. The lowest BCUT2D eigenvalue weighted by molar-refractivity contribution is 0.0693. The molecule has 1 aliphatic rings. The van der Waals surface area contributed by atoms with Gasteiger partial charge in [-0.2, -0.15) is 0 Å². The highest BCUT2D eigenvalue weighted by atomic mass is 16.2. The highest BCUT2D eigenvalue weighted by Gasteiger charge is 2.32. The molecule has 17 heavy (non-hydrogen) atoms. The van der Waals surface area contributed by atoms with Crippen LogP contribution in [0.4, 0.5) is 5.69 Å². The maximum absolute atomic E-state index is 11.8. The Hall–Kier alpha value is -2.10. The van der Waals surface area contributed by atoms with Crippen LogP contribution in [0.1, 0.15) is 27.6 Å². The summed E-state index contributed by atoms with van der Waals surface area (Å²) in [4.78, 5) is 24.6. The predicted octanol–water partition coefficient (Wildman–Crippen LogP) is 1.90. The highest BCUT2D eigenvalue weighted by Crippen LogP contribution is 2.24. The van der Waals surface area contributed by atoms with Gasteiger partial charge in [0.2, 0.25) is 0 Å². The maximum Gasteiger partial charge on any atom is 0.261 e. The van der Waals surface area contributed by atoms with E-state index in [2.05, 4.69) is 11.9 Å². The number of benzene rings is 1. The summed E-state index contributed by atoms with van der Waals surface area (Å²) in [7, 11) is 1.49. The zero-order valence-electron chi connectivity index (χ0n) is 9.86. The SMILES string of the molecule is C=CC(C)Nc1ccc2c(c1)C(=O)N(C)C2=O. The van der Waals surface area contributed by atoms with Gasteiger partial charge in [0.05, 0.1) is 11.1 Å². The van der Waals surface area contributed by atoms with Crippen molar-refractivity contribution in [3.63, 3.8) is 0 Å². The number of imide groups is 1. The average molecular weight is 230 g/mol. The molecule has 88 valence electrons. The van der Waals surface area contributed by atoms with Crippen LogP contribution in [0.25, 0.3) is 0 Å². The van der Waals surface area contributed by atoms with Crippen molar-refractivity contribution in [3.05, 3.63) is 42.0 Å². The van der Waals surface area contributed by atoms with E-state index < -0.39 is 0 Å². The molecule has 0 aliphatic carbocycles. The highest BCUT2D eigenvalue weighted by molar-refractivity contribution is 6.21. The molecule has 0 fully saturated rings. The van der Waals surface area contributed by atoms with E-state index in [-0.39, 0.29) is 17.9 Å². The molecule has 1 aromatic carbocycles. The second-order valence-corrected chi connectivity index (χ2v) is 4.10. The third-order valence-corrected chi connectivity index (χ3v) is 2.84. The minimum Gasteiger partial charge on any atom is -0.379 e. The molecule has 1 unspecified atom stereocenters. The molecule has 1 atom stereocenters. The van der Waals surface area contributed by atoms with E-state index in [0.29, 0.717) is 11.1 Å². The van der Waals surface area contributed by atoms with Crippen LogP contribution in [0.15, 0.2) is 30.9 Å². The Labute approximate surface area is 99.9 Å². The first-order chi connectivity index (χ1) is 8.04. The van der Waals surface area contributed by atoms with Crippen molar-refractivity contribution < 1.29 is 9.59 Å². The number of anilines is 1. The number of nitrogens with one attached hydrogen (secondary N) is 1. The van der Waals surface area contributed by atoms with Crippen LogP contribution in [0.2, 0.25) is 0 Å². The lowest BCUT2D eigenvalue weighted by Crippen LogP contribution is -2.24. The smallest absolute Gasteiger partial charge is 0.261 e. The molecular weight excluding hydrogens is 216 g/mol. The molecule has 0 aromatic heterocycles. The van der Waals surface area contributed by atoms with E-state index in [1.807, 2.05) is 6.92 Å². The second kappa shape index (κ2) is 4.05. The summed E-state index contributed by atoms with van der Waals surface area (Å²) in [5.41, 5.74) is 1.74. The average Bonchev–Trinajstić information content (AvgIpc) is 2.54. The monoisotopic (exact) mass is 230 g/mol. The molecule has 4 nitrogen and oxygen atoms in total. The van der Waals surface area contributed by atoms with Crippen LogP contribution in [-0.2, 0) is 0 Å². The summed E-state index contributed by atoms with van der Waals surface area (Å²) >= 11 is 0. The molecule has 0 saturated carbocycles. The number of carbonyl (C=O) groups is 2. The largest absolute Gasteiger partial charge is 0.379 e.